The van der Waals surface area contributed by atoms with Crippen molar-refractivity contribution in [2.24, 2.45) is 0 Å². The van der Waals surface area contributed by atoms with Gasteiger partial charge in [-0.1, -0.05) is 45.4 Å². The summed E-state index contributed by atoms with van der Waals surface area (Å²) in [6, 6.07) is -0.455. The number of unbranched alkanes of at least 4 members (excludes halogenated alkanes) is 5. The van der Waals surface area contributed by atoms with Crippen LogP contribution in [0.25, 0.3) is 0 Å². The summed E-state index contributed by atoms with van der Waals surface area (Å²) in [5, 5.41) is 9.14. The maximum absolute atomic E-state index is 11.1. The maximum Gasteiger partial charge on any atom is 0.326 e. The smallest absolute Gasteiger partial charge is 0.326 e. The van der Waals surface area contributed by atoms with Crippen molar-refractivity contribution < 1.29 is 9.90 Å². The first kappa shape index (κ1) is 13.7. The van der Waals surface area contributed by atoms with Crippen molar-refractivity contribution >= 4 is 5.97 Å². The summed E-state index contributed by atoms with van der Waals surface area (Å²) in [6.07, 6.45) is 12.7. The Morgan fingerprint density at radius 3 is 2.59 bits per heavy atom. The molecule has 0 aromatic carbocycles. The van der Waals surface area contributed by atoms with E-state index in [1.807, 2.05) is 0 Å². The van der Waals surface area contributed by atoms with E-state index in [1.54, 1.807) is 23.3 Å². The molecular formula is C13H22N2O2. The Kier molecular flexibility index (Phi) is 6.37. The highest BCUT2D eigenvalue weighted by Crippen LogP contribution is 2.17. The van der Waals surface area contributed by atoms with Crippen LogP contribution in [0, 0.1) is 0 Å². The number of carboxylic acid groups (broad SMARTS) is 1. The Morgan fingerprint density at radius 2 is 2.00 bits per heavy atom. The third-order valence-corrected chi connectivity index (χ3v) is 3.00. The SMILES string of the molecule is CCCCCCCCC(C(=O)O)n1ccnc1. The van der Waals surface area contributed by atoms with E-state index in [2.05, 4.69) is 11.9 Å². The van der Waals surface area contributed by atoms with Gasteiger partial charge in [-0.25, -0.2) is 9.78 Å². The van der Waals surface area contributed by atoms with Crippen molar-refractivity contribution in [1.29, 1.82) is 0 Å². The molecule has 4 nitrogen and oxygen atoms in total. The number of imidazole rings is 1. The van der Waals surface area contributed by atoms with Crippen LogP contribution in [0.3, 0.4) is 0 Å². The summed E-state index contributed by atoms with van der Waals surface area (Å²) >= 11 is 0. The molecule has 0 aliphatic heterocycles. The molecule has 0 saturated heterocycles. The van der Waals surface area contributed by atoms with E-state index in [9.17, 15) is 4.79 Å². The molecule has 1 unspecified atom stereocenters. The van der Waals surface area contributed by atoms with Crippen LogP contribution >= 0.6 is 0 Å². The molecule has 0 spiro atoms. The van der Waals surface area contributed by atoms with Gasteiger partial charge in [0, 0.05) is 12.4 Å². The van der Waals surface area contributed by atoms with E-state index in [0.29, 0.717) is 6.42 Å². The third kappa shape index (κ3) is 5.02. The molecule has 0 amide bonds. The Morgan fingerprint density at radius 1 is 1.29 bits per heavy atom. The average molecular weight is 238 g/mol. The minimum Gasteiger partial charge on any atom is -0.480 e. The average Bonchev–Trinajstić information content (AvgIpc) is 2.81. The normalized spacial score (nSPS) is 12.5. The van der Waals surface area contributed by atoms with Crippen molar-refractivity contribution in [2.75, 3.05) is 0 Å². The molecular weight excluding hydrogens is 216 g/mol. The lowest BCUT2D eigenvalue weighted by molar-refractivity contribution is -0.141. The zero-order valence-electron chi connectivity index (χ0n) is 10.5. The summed E-state index contributed by atoms with van der Waals surface area (Å²) < 4.78 is 1.67. The predicted octanol–water partition coefficient (Wildman–Crippen LogP) is 3.26. The van der Waals surface area contributed by atoms with Crippen LogP contribution in [0.1, 0.15) is 57.9 Å². The van der Waals surface area contributed by atoms with Crippen molar-refractivity contribution in [1.82, 2.24) is 9.55 Å². The predicted molar refractivity (Wildman–Crippen MR) is 66.9 cm³/mol. The number of aliphatic carboxylic acids is 1. The van der Waals surface area contributed by atoms with Gasteiger partial charge in [0.15, 0.2) is 0 Å². The molecule has 0 saturated carbocycles. The van der Waals surface area contributed by atoms with Gasteiger partial charge in [0.05, 0.1) is 6.33 Å². The fourth-order valence-corrected chi connectivity index (χ4v) is 1.97. The van der Waals surface area contributed by atoms with Gasteiger partial charge in [-0.3, -0.25) is 0 Å². The Labute approximate surface area is 103 Å². The number of rotatable bonds is 9. The zero-order chi connectivity index (χ0) is 12.5. The highest BCUT2D eigenvalue weighted by molar-refractivity contribution is 5.71. The third-order valence-electron chi connectivity index (χ3n) is 3.00. The largest absolute Gasteiger partial charge is 0.480 e. The summed E-state index contributed by atoms with van der Waals surface area (Å²) in [6.45, 7) is 2.19. The number of carbonyl (C=O) groups is 1. The van der Waals surface area contributed by atoms with Crippen LogP contribution in [0.15, 0.2) is 18.7 Å². The fraction of sp³-hybridized carbons (Fsp3) is 0.692. The van der Waals surface area contributed by atoms with Crippen LogP contribution in [-0.2, 0) is 4.79 Å². The molecule has 1 atom stereocenters. The minimum atomic E-state index is -0.767. The lowest BCUT2D eigenvalue weighted by Gasteiger charge is -2.13. The first-order chi connectivity index (χ1) is 8.25. The van der Waals surface area contributed by atoms with E-state index in [1.165, 1.54) is 25.7 Å². The van der Waals surface area contributed by atoms with Crippen LogP contribution in [0.5, 0.6) is 0 Å². The second-order valence-corrected chi connectivity index (χ2v) is 4.42. The molecule has 4 heteroatoms. The molecule has 1 N–H and O–H groups in total. The highest BCUT2D eigenvalue weighted by Gasteiger charge is 2.17. The van der Waals surface area contributed by atoms with Crippen molar-refractivity contribution in [3.05, 3.63) is 18.7 Å². The number of aromatic nitrogens is 2. The lowest BCUT2D eigenvalue weighted by Crippen LogP contribution is -2.17. The van der Waals surface area contributed by atoms with E-state index in [4.69, 9.17) is 5.11 Å². The Balaban J connectivity index is 2.25. The van der Waals surface area contributed by atoms with Gasteiger partial charge in [-0.05, 0) is 6.42 Å². The zero-order valence-corrected chi connectivity index (χ0v) is 10.5. The standard InChI is InChI=1S/C13H22N2O2/c1-2-3-4-5-6-7-8-12(13(16)17)15-10-9-14-11-15/h9-12H,2-8H2,1H3,(H,16,17). The summed E-state index contributed by atoms with van der Waals surface area (Å²) in [4.78, 5) is 15.0. The van der Waals surface area contributed by atoms with Gasteiger partial charge in [0.25, 0.3) is 0 Å². The minimum absolute atomic E-state index is 0.455. The molecule has 96 valence electrons. The van der Waals surface area contributed by atoms with Gasteiger partial charge in [-0.2, -0.15) is 0 Å². The van der Waals surface area contributed by atoms with Crippen LogP contribution in [0.2, 0.25) is 0 Å². The van der Waals surface area contributed by atoms with Crippen LogP contribution < -0.4 is 0 Å². The Bertz CT molecular complexity index is 309. The number of hydrogen-bond donors (Lipinski definition) is 1. The molecule has 1 aromatic heterocycles. The first-order valence-corrected chi connectivity index (χ1v) is 6.46. The van der Waals surface area contributed by atoms with E-state index in [-0.39, 0.29) is 0 Å². The van der Waals surface area contributed by atoms with Crippen LogP contribution in [-0.4, -0.2) is 20.6 Å². The van der Waals surface area contributed by atoms with E-state index < -0.39 is 12.0 Å². The topological polar surface area (TPSA) is 55.1 Å². The van der Waals surface area contributed by atoms with E-state index in [0.717, 1.165) is 12.8 Å². The first-order valence-electron chi connectivity index (χ1n) is 6.46. The fourth-order valence-electron chi connectivity index (χ4n) is 1.97. The van der Waals surface area contributed by atoms with Gasteiger partial charge < -0.3 is 9.67 Å². The number of nitrogens with zero attached hydrogens (tertiary/aromatic N) is 2. The van der Waals surface area contributed by atoms with Crippen molar-refractivity contribution in [3.63, 3.8) is 0 Å². The molecule has 1 heterocycles. The van der Waals surface area contributed by atoms with Gasteiger partial charge in [-0.15, -0.1) is 0 Å². The summed E-state index contributed by atoms with van der Waals surface area (Å²) in [7, 11) is 0. The Hall–Kier alpha value is -1.32. The van der Waals surface area contributed by atoms with Gasteiger partial charge in [0.2, 0.25) is 0 Å². The number of hydrogen-bond acceptors (Lipinski definition) is 2. The summed E-state index contributed by atoms with van der Waals surface area (Å²) in [5.41, 5.74) is 0. The monoisotopic (exact) mass is 238 g/mol. The molecule has 0 bridgehead atoms. The number of carboxylic acids is 1. The molecule has 1 aromatic rings. The second kappa shape index (κ2) is 7.87. The van der Waals surface area contributed by atoms with Gasteiger partial charge >= 0.3 is 5.97 Å². The molecule has 0 fully saturated rings. The second-order valence-electron chi connectivity index (χ2n) is 4.42. The van der Waals surface area contributed by atoms with Crippen molar-refractivity contribution in [2.45, 2.75) is 57.9 Å². The molecule has 0 aliphatic rings. The maximum atomic E-state index is 11.1. The highest BCUT2D eigenvalue weighted by atomic mass is 16.4. The van der Waals surface area contributed by atoms with Crippen LogP contribution in [0.4, 0.5) is 0 Å². The lowest BCUT2D eigenvalue weighted by atomic mass is 10.1. The van der Waals surface area contributed by atoms with Gasteiger partial charge in [0.1, 0.15) is 6.04 Å². The van der Waals surface area contributed by atoms with E-state index >= 15 is 0 Å². The molecule has 0 aliphatic carbocycles. The molecule has 0 radical (unpaired) electrons. The summed E-state index contributed by atoms with van der Waals surface area (Å²) in [5.74, 6) is -0.767. The quantitative estimate of drug-likeness (QED) is 0.672. The van der Waals surface area contributed by atoms with Crippen molar-refractivity contribution in [3.8, 4) is 0 Å². The molecule has 17 heavy (non-hydrogen) atoms. The molecule has 1 rings (SSSR count).